The highest BCUT2D eigenvalue weighted by atomic mass is 79.9. The summed E-state index contributed by atoms with van der Waals surface area (Å²) in [5.74, 6) is -1.47. The van der Waals surface area contributed by atoms with Crippen molar-refractivity contribution in [2.45, 2.75) is 41.7 Å². The molecule has 0 saturated carbocycles. The number of hydrogen-bond acceptors (Lipinski definition) is 2. The fraction of sp³-hybridized carbons (Fsp3) is 0.818. The van der Waals surface area contributed by atoms with Gasteiger partial charge in [-0.2, -0.15) is 5.26 Å². The second kappa shape index (κ2) is 6.17. The second-order valence-corrected chi connectivity index (χ2v) is 8.43. The molecule has 0 aliphatic carbocycles. The number of hydrogen-bond donors (Lipinski definition) is 1. The predicted molar refractivity (Wildman–Crippen MR) is 77.4 cm³/mol. The summed E-state index contributed by atoms with van der Waals surface area (Å²) < 4.78 is -3.18. The quantitative estimate of drug-likeness (QED) is 0.713. The Morgan fingerprint density at radius 2 is 1.89 bits per heavy atom. The summed E-state index contributed by atoms with van der Waals surface area (Å²) in [6.07, 6.45) is 0.784. The molecule has 0 amide bonds. The molecular formula is C11H15BrCl3NO2. The van der Waals surface area contributed by atoms with Crippen LogP contribution in [0, 0.1) is 22.7 Å². The first kappa shape index (κ1) is 18.3. The molecule has 0 bridgehead atoms. The first-order chi connectivity index (χ1) is 7.92. The van der Waals surface area contributed by atoms with Gasteiger partial charge in [0.25, 0.3) is 0 Å². The van der Waals surface area contributed by atoms with Crippen LogP contribution in [-0.4, -0.2) is 19.2 Å². The van der Waals surface area contributed by atoms with Gasteiger partial charge in [0, 0.05) is 5.41 Å². The molecular weight excluding hydrogens is 364 g/mol. The van der Waals surface area contributed by atoms with Gasteiger partial charge in [-0.3, -0.25) is 0 Å². The average molecular weight is 380 g/mol. The van der Waals surface area contributed by atoms with Crippen LogP contribution < -0.4 is 0 Å². The SMILES string of the molecule is CCC(CC(Cl)(Cl)Cl)C(C)(C)C(Br)(C#N)C(=O)O. The lowest BCUT2D eigenvalue weighted by Gasteiger charge is -2.41. The van der Waals surface area contributed by atoms with Gasteiger partial charge in [0.2, 0.25) is 4.32 Å². The minimum Gasteiger partial charge on any atom is -0.479 e. The number of halogens is 4. The fourth-order valence-electron chi connectivity index (χ4n) is 1.94. The van der Waals surface area contributed by atoms with Gasteiger partial charge < -0.3 is 5.11 Å². The summed E-state index contributed by atoms with van der Waals surface area (Å²) in [6.45, 7) is 5.24. The van der Waals surface area contributed by atoms with Gasteiger partial charge in [-0.05, 0) is 12.3 Å². The third kappa shape index (κ3) is 3.90. The van der Waals surface area contributed by atoms with E-state index in [0.717, 1.165) is 0 Å². The summed E-state index contributed by atoms with van der Waals surface area (Å²) in [6, 6.07) is 1.81. The van der Waals surface area contributed by atoms with E-state index >= 15 is 0 Å². The highest BCUT2D eigenvalue weighted by Crippen LogP contribution is 2.50. The Kier molecular flexibility index (Phi) is 6.28. The van der Waals surface area contributed by atoms with Gasteiger partial charge in [-0.1, -0.05) is 77.9 Å². The molecule has 0 heterocycles. The van der Waals surface area contributed by atoms with E-state index in [1.54, 1.807) is 19.9 Å². The molecule has 7 heteroatoms. The molecule has 2 unspecified atom stereocenters. The lowest BCUT2D eigenvalue weighted by Crippen LogP contribution is -2.49. The van der Waals surface area contributed by atoms with Crippen molar-refractivity contribution in [2.24, 2.45) is 11.3 Å². The third-order valence-electron chi connectivity index (χ3n) is 3.33. The summed E-state index contributed by atoms with van der Waals surface area (Å²) in [5, 5.41) is 18.4. The molecule has 0 radical (unpaired) electrons. The van der Waals surface area contributed by atoms with Gasteiger partial charge in [-0.15, -0.1) is 0 Å². The van der Waals surface area contributed by atoms with Crippen LogP contribution >= 0.6 is 50.7 Å². The van der Waals surface area contributed by atoms with E-state index in [4.69, 9.17) is 40.1 Å². The van der Waals surface area contributed by atoms with Crippen LogP contribution in [0.25, 0.3) is 0 Å². The van der Waals surface area contributed by atoms with Crippen LogP contribution in [-0.2, 0) is 4.79 Å². The van der Waals surface area contributed by atoms with E-state index in [2.05, 4.69) is 15.9 Å². The maximum Gasteiger partial charge on any atom is 0.335 e. The Labute approximate surface area is 131 Å². The molecule has 0 aromatic carbocycles. The van der Waals surface area contributed by atoms with Crippen molar-refractivity contribution in [3.05, 3.63) is 0 Å². The van der Waals surface area contributed by atoms with Gasteiger partial charge in [0.05, 0.1) is 6.07 Å². The van der Waals surface area contributed by atoms with Crippen LogP contribution in [0.15, 0.2) is 0 Å². The number of carbonyl (C=O) groups is 1. The monoisotopic (exact) mass is 377 g/mol. The van der Waals surface area contributed by atoms with Crippen molar-refractivity contribution in [2.75, 3.05) is 0 Å². The Bertz CT molecular complexity index is 362. The molecule has 0 spiro atoms. The topological polar surface area (TPSA) is 61.1 Å². The van der Waals surface area contributed by atoms with E-state index in [-0.39, 0.29) is 12.3 Å². The van der Waals surface area contributed by atoms with Gasteiger partial charge in [-0.25, -0.2) is 4.79 Å². The van der Waals surface area contributed by atoms with Crippen LogP contribution in [0.2, 0.25) is 0 Å². The summed E-state index contributed by atoms with van der Waals surface area (Å²) >= 11 is 20.3. The summed E-state index contributed by atoms with van der Waals surface area (Å²) in [7, 11) is 0. The molecule has 18 heavy (non-hydrogen) atoms. The van der Waals surface area contributed by atoms with Crippen LogP contribution in [0.5, 0.6) is 0 Å². The first-order valence-corrected chi connectivity index (χ1v) is 7.25. The zero-order valence-corrected chi connectivity index (χ0v) is 14.2. The summed E-state index contributed by atoms with van der Waals surface area (Å²) in [4.78, 5) is 11.3. The normalized spacial score (nSPS) is 17.7. The smallest absolute Gasteiger partial charge is 0.335 e. The Morgan fingerprint density at radius 3 is 2.11 bits per heavy atom. The molecule has 3 nitrogen and oxygen atoms in total. The molecule has 0 saturated heterocycles. The number of nitriles is 1. The van der Waals surface area contributed by atoms with Gasteiger partial charge in [0.1, 0.15) is 0 Å². The second-order valence-electron chi connectivity index (χ2n) is 4.72. The van der Waals surface area contributed by atoms with Crippen molar-refractivity contribution >= 4 is 56.7 Å². The van der Waals surface area contributed by atoms with Gasteiger partial charge >= 0.3 is 5.97 Å². The molecule has 0 aromatic heterocycles. The van der Waals surface area contributed by atoms with Crippen molar-refractivity contribution in [1.29, 1.82) is 5.26 Å². The highest BCUT2D eigenvalue weighted by molar-refractivity contribution is 9.10. The Balaban J connectivity index is 5.45. The molecule has 0 aliphatic heterocycles. The molecule has 0 aromatic rings. The predicted octanol–water partition coefficient (Wildman–Crippen LogP) is 4.54. The number of carboxylic acids is 1. The molecule has 1 N–H and O–H groups in total. The minimum atomic E-state index is -1.71. The number of aliphatic carboxylic acids is 1. The molecule has 2 atom stereocenters. The lowest BCUT2D eigenvalue weighted by atomic mass is 9.67. The first-order valence-electron chi connectivity index (χ1n) is 5.32. The standard InChI is InChI=1S/C11H15BrCl3NO2/c1-4-7(5-11(13,14)15)9(2,3)10(12,6-16)8(17)18/h7H,4-5H2,1-3H3,(H,17,18). The van der Waals surface area contributed by atoms with E-state index < -0.39 is 19.5 Å². The number of carboxylic acid groups (broad SMARTS) is 1. The lowest BCUT2D eigenvalue weighted by molar-refractivity contribution is -0.141. The minimum absolute atomic E-state index is 0.184. The summed E-state index contributed by atoms with van der Waals surface area (Å²) in [5.41, 5.74) is -0.897. The zero-order chi connectivity index (χ0) is 14.8. The third-order valence-corrected chi connectivity index (χ3v) is 5.33. The molecule has 0 fully saturated rings. The largest absolute Gasteiger partial charge is 0.479 e. The number of rotatable bonds is 5. The van der Waals surface area contributed by atoms with E-state index in [1.807, 2.05) is 6.92 Å². The maximum absolute atomic E-state index is 11.3. The van der Waals surface area contributed by atoms with Crippen LogP contribution in [0.1, 0.15) is 33.6 Å². The van der Waals surface area contributed by atoms with Crippen molar-refractivity contribution < 1.29 is 9.90 Å². The van der Waals surface area contributed by atoms with Crippen molar-refractivity contribution in [3.63, 3.8) is 0 Å². The van der Waals surface area contributed by atoms with E-state index in [0.29, 0.717) is 6.42 Å². The average Bonchev–Trinajstić information content (AvgIpc) is 2.22. The van der Waals surface area contributed by atoms with Crippen LogP contribution in [0.3, 0.4) is 0 Å². The fourth-order valence-corrected chi connectivity index (χ4v) is 2.82. The zero-order valence-electron chi connectivity index (χ0n) is 10.3. The highest BCUT2D eigenvalue weighted by Gasteiger charge is 2.54. The van der Waals surface area contributed by atoms with Gasteiger partial charge in [0.15, 0.2) is 3.79 Å². The van der Waals surface area contributed by atoms with Crippen molar-refractivity contribution in [3.8, 4) is 6.07 Å². The maximum atomic E-state index is 11.3. The molecule has 0 aliphatic rings. The number of nitrogens with zero attached hydrogens (tertiary/aromatic N) is 1. The Hall–Kier alpha value is 0.310. The number of alkyl halides is 4. The van der Waals surface area contributed by atoms with E-state index in [1.165, 1.54) is 0 Å². The van der Waals surface area contributed by atoms with Crippen LogP contribution in [0.4, 0.5) is 0 Å². The van der Waals surface area contributed by atoms with Crippen molar-refractivity contribution in [1.82, 2.24) is 0 Å². The Morgan fingerprint density at radius 1 is 1.44 bits per heavy atom. The molecule has 104 valence electrons. The van der Waals surface area contributed by atoms with E-state index in [9.17, 15) is 9.90 Å². The molecule has 0 rings (SSSR count).